The fourth-order valence-corrected chi connectivity index (χ4v) is 3.37. The second-order valence-corrected chi connectivity index (χ2v) is 9.57. The summed E-state index contributed by atoms with van der Waals surface area (Å²) in [6, 6.07) is 0.520. The first kappa shape index (κ1) is 30.9. The van der Waals surface area contributed by atoms with Crippen LogP contribution in [0.15, 0.2) is 37.2 Å². The summed E-state index contributed by atoms with van der Waals surface area (Å²) in [4.78, 5) is 0. The monoisotopic (exact) mass is 422 g/mol. The van der Waals surface area contributed by atoms with Gasteiger partial charge >= 0.3 is 0 Å². The van der Waals surface area contributed by atoms with Gasteiger partial charge in [0.25, 0.3) is 0 Å². The van der Waals surface area contributed by atoms with Crippen LogP contribution in [0.2, 0.25) is 0 Å². The van der Waals surface area contributed by atoms with Gasteiger partial charge in [-0.1, -0.05) is 53.3 Å². The summed E-state index contributed by atoms with van der Waals surface area (Å²) in [7, 11) is 1.97. The molecule has 0 bridgehead atoms. The van der Waals surface area contributed by atoms with Crippen LogP contribution < -0.4 is 21.7 Å². The molecule has 0 radical (unpaired) electrons. The Morgan fingerprint density at radius 1 is 1.10 bits per heavy atom. The number of nitrogens with two attached hydrogens (primary N) is 1. The fourth-order valence-electron chi connectivity index (χ4n) is 3.37. The third-order valence-electron chi connectivity index (χ3n) is 4.93. The minimum Gasteiger partial charge on any atom is -0.392 e. The molecule has 0 aromatic heterocycles. The zero-order valence-corrected chi connectivity index (χ0v) is 21.3. The van der Waals surface area contributed by atoms with Crippen molar-refractivity contribution in [1.82, 2.24) is 16.0 Å². The predicted molar refractivity (Wildman–Crippen MR) is 137 cm³/mol. The van der Waals surface area contributed by atoms with Crippen molar-refractivity contribution in [2.45, 2.75) is 79.7 Å². The van der Waals surface area contributed by atoms with Gasteiger partial charge in [-0.25, -0.2) is 0 Å². The molecule has 30 heavy (non-hydrogen) atoms. The maximum absolute atomic E-state index is 5.07. The highest BCUT2D eigenvalue weighted by molar-refractivity contribution is 5.00. The first-order valence-corrected chi connectivity index (χ1v) is 11.9. The zero-order valence-electron chi connectivity index (χ0n) is 21.3. The zero-order chi connectivity index (χ0) is 23.5. The first-order valence-electron chi connectivity index (χ1n) is 11.9. The van der Waals surface area contributed by atoms with Gasteiger partial charge < -0.3 is 21.7 Å². The molecular weight excluding hydrogens is 368 g/mol. The Labute approximate surface area is 189 Å². The van der Waals surface area contributed by atoms with E-state index in [4.69, 9.17) is 5.73 Å². The SMILES string of the molecule is C=C(CC(C)C)NC(C)C.C=C(NC)C1CNCC(CCC(C)C)C1.C=CCCN. The lowest BCUT2D eigenvalue weighted by Gasteiger charge is -2.31. The van der Waals surface area contributed by atoms with E-state index in [1.165, 1.54) is 31.5 Å². The average molecular weight is 423 g/mol. The molecular formula is C26H54N4. The minimum absolute atomic E-state index is 0.520. The van der Waals surface area contributed by atoms with Crippen LogP contribution in [0.5, 0.6) is 0 Å². The summed E-state index contributed by atoms with van der Waals surface area (Å²) < 4.78 is 0. The summed E-state index contributed by atoms with van der Waals surface area (Å²) in [5.41, 5.74) is 7.42. The van der Waals surface area contributed by atoms with Gasteiger partial charge in [-0.3, -0.25) is 0 Å². The van der Waals surface area contributed by atoms with Crippen molar-refractivity contribution in [2.24, 2.45) is 29.4 Å². The van der Waals surface area contributed by atoms with Crippen molar-refractivity contribution in [3.63, 3.8) is 0 Å². The molecule has 5 N–H and O–H groups in total. The lowest BCUT2D eigenvalue weighted by Crippen LogP contribution is -2.38. The second-order valence-electron chi connectivity index (χ2n) is 9.57. The van der Waals surface area contributed by atoms with E-state index in [-0.39, 0.29) is 0 Å². The van der Waals surface area contributed by atoms with E-state index in [0.29, 0.717) is 17.9 Å². The van der Waals surface area contributed by atoms with Gasteiger partial charge in [0.15, 0.2) is 0 Å². The number of allylic oxidation sites excluding steroid dienone is 1. The van der Waals surface area contributed by atoms with Crippen LogP contribution >= 0.6 is 0 Å². The molecule has 178 valence electrons. The molecule has 1 saturated heterocycles. The van der Waals surface area contributed by atoms with Gasteiger partial charge in [0.05, 0.1) is 0 Å². The normalized spacial score (nSPS) is 18.1. The van der Waals surface area contributed by atoms with E-state index in [2.05, 4.69) is 77.2 Å². The Morgan fingerprint density at radius 3 is 2.13 bits per heavy atom. The predicted octanol–water partition coefficient (Wildman–Crippen LogP) is 5.45. The number of hydrogen-bond donors (Lipinski definition) is 4. The molecule has 1 aliphatic rings. The molecule has 1 fully saturated rings. The maximum atomic E-state index is 5.07. The van der Waals surface area contributed by atoms with Crippen molar-refractivity contribution in [3.8, 4) is 0 Å². The maximum Gasteiger partial charge on any atom is 0.0201 e. The molecule has 0 aromatic carbocycles. The van der Waals surface area contributed by atoms with E-state index < -0.39 is 0 Å². The highest BCUT2D eigenvalue weighted by atomic mass is 14.9. The quantitative estimate of drug-likeness (QED) is 0.335. The molecule has 0 aromatic rings. The third-order valence-corrected chi connectivity index (χ3v) is 4.93. The molecule has 0 spiro atoms. The summed E-state index contributed by atoms with van der Waals surface area (Å²) in [5.74, 6) is 3.01. The van der Waals surface area contributed by atoms with Crippen LogP contribution in [0.1, 0.15) is 73.6 Å². The summed E-state index contributed by atoms with van der Waals surface area (Å²) in [6.45, 7) is 27.8. The molecule has 4 nitrogen and oxygen atoms in total. The topological polar surface area (TPSA) is 62.1 Å². The molecule has 0 amide bonds. The molecule has 4 heteroatoms. The van der Waals surface area contributed by atoms with Gasteiger partial charge in [0, 0.05) is 36.9 Å². The molecule has 1 rings (SSSR count). The molecule has 0 aliphatic carbocycles. The fraction of sp³-hybridized carbons (Fsp3) is 0.769. The van der Waals surface area contributed by atoms with Crippen LogP contribution in [0.25, 0.3) is 0 Å². The van der Waals surface area contributed by atoms with E-state index in [1.807, 2.05) is 7.05 Å². The van der Waals surface area contributed by atoms with Crippen molar-refractivity contribution in [1.29, 1.82) is 0 Å². The van der Waals surface area contributed by atoms with Gasteiger partial charge in [-0.2, -0.15) is 0 Å². The van der Waals surface area contributed by atoms with Crippen LogP contribution in [0, 0.1) is 23.7 Å². The number of piperidine rings is 1. The summed E-state index contributed by atoms with van der Waals surface area (Å²) in [6.07, 6.45) is 7.83. The first-order chi connectivity index (χ1) is 14.1. The minimum atomic E-state index is 0.520. The summed E-state index contributed by atoms with van der Waals surface area (Å²) >= 11 is 0. The largest absolute Gasteiger partial charge is 0.392 e. The Hall–Kier alpha value is -1.26. The Balaban J connectivity index is 0. The number of nitrogens with one attached hydrogen (secondary N) is 3. The van der Waals surface area contributed by atoms with Crippen LogP contribution in [0.4, 0.5) is 0 Å². The highest BCUT2D eigenvalue weighted by Gasteiger charge is 2.22. The van der Waals surface area contributed by atoms with Crippen molar-refractivity contribution >= 4 is 0 Å². The van der Waals surface area contributed by atoms with Crippen molar-refractivity contribution in [3.05, 3.63) is 37.2 Å². The van der Waals surface area contributed by atoms with E-state index in [1.54, 1.807) is 6.08 Å². The Morgan fingerprint density at radius 2 is 1.73 bits per heavy atom. The van der Waals surface area contributed by atoms with Crippen LogP contribution in [0.3, 0.4) is 0 Å². The van der Waals surface area contributed by atoms with Gasteiger partial charge in [0.1, 0.15) is 0 Å². The number of hydrogen-bond acceptors (Lipinski definition) is 4. The van der Waals surface area contributed by atoms with Crippen LogP contribution in [-0.4, -0.2) is 32.7 Å². The molecule has 0 saturated carbocycles. The molecule has 1 aliphatic heterocycles. The summed E-state index contributed by atoms with van der Waals surface area (Å²) in [5, 5.41) is 9.99. The van der Waals surface area contributed by atoms with Crippen molar-refractivity contribution in [2.75, 3.05) is 26.7 Å². The van der Waals surface area contributed by atoms with E-state index >= 15 is 0 Å². The molecule has 2 unspecified atom stereocenters. The average Bonchev–Trinajstić information content (AvgIpc) is 2.66. The van der Waals surface area contributed by atoms with Gasteiger partial charge in [-0.05, 0) is 70.4 Å². The van der Waals surface area contributed by atoms with Crippen molar-refractivity contribution < 1.29 is 0 Å². The van der Waals surface area contributed by atoms with Crippen LogP contribution in [-0.2, 0) is 0 Å². The number of rotatable bonds is 11. The Bertz CT molecular complexity index is 428. The molecule has 2 atom stereocenters. The molecule has 1 heterocycles. The highest BCUT2D eigenvalue weighted by Crippen LogP contribution is 2.25. The standard InChI is InChI=1S/C13H26N2.C9H19N.C4H9N/c1-10(2)5-6-12-7-13(9-15-8-12)11(3)14-4;1-7(2)6-9(5)10-8(3)4;1-2-3-4-5/h10,12-15H,3,5-9H2,1-2,4H3;7-8,10H,5-6H2,1-4H3;2H,1,3-5H2. The van der Waals surface area contributed by atoms with E-state index in [0.717, 1.165) is 43.5 Å². The Kier molecular flexibility index (Phi) is 20.3. The van der Waals surface area contributed by atoms with Gasteiger partial charge in [-0.15, -0.1) is 6.58 Å². The van der Waals surface area contributed by atoms with E-state index in [9.17, 15) is 0 Å². The van der Waals surface area contributed by atoms with Gasteiger partial charge in [0.2, 0.25) is 0 Å². The second kappa shape index (κ2) is 19.7. The lowest BCUT2D eigenvalue weighted by atomic mass is 9.85. The lowest BCUT2D eigenvalue weighted by molar-refractivity contribution is 0.281. The third kappa shape index (κ3) is 20.0. The smallest absolute Gasteiger partial charge is 0.0201 e.